The van der Waals surface area contributed by atoms with E-state index in [9.17, 15) is 0 Å². The maximum Gasteiger partial charge on any atom is 0.260 e. The molecular weight excluding hydrogens is 355 g/mol. The standard InChI is InChI=1S/C26H27BO2/c1-25(2,3)16-11-13-20-19(14-16)27-18-12-10-17(26(4,5)6)15-23(18)29-22-9-7-8-21(28-20)24(22)27/h7-15H,1-6H3/i10D,11D,12D,13D,14D,15D. The van der Waals surface area contributed by atoms with Crippen molar-refractivity contribution in [2.24, 2.45) is 0 Å². The zero-order chi connectivity index (χ0) is 25.8. The Kier molecular flexibility index (Phi) is 2.61. The average Bonchev–Trinajstić information content (AvgIpc) is 2.74. The lowest BCUT2D eigenvalue weighted by molar-refractivity contribution is 0.462. The molecule has 0 radical (unpaired) electrons. The van der Waals surface area contributed by atoms with Gasteiger partial charge in [-0.1, -0.05) is 71.8 Å². The van der Waals surface area contributed by atoms with Crippen LogP contribution in [0.1, 0.15) is 60.9 Å². The third-order valence-corrected chi connectivity index (χ3v) is 5.43. The highest BCUT2D eigenvalue weighted by molar-refractivity contribution is 6.98. The maximum absolute atomic E-state index is 9.17. The molecule has 0 atom stereocenters. The van der Waals surface area contributed by atoms with Crippen molar-refractivity contribution in [2.45, 2.75) is 52.4 Å². The van der Waals surface area contributed by atoms with Crippen LogP contribution in [-0.4, -0.2) is 6.71 Å². The smallest absolute Gasteiger partial charge is 0.260 e. The van der Waals surface area contributed by atoms with E-state index in [1.165, 1.54) is 0 Å². The molecule has 3 aromatic rings. The van der Waals surface area contributed by atoms with E-state index < -0.39 is 17.5 Å². The summed E-state index contributed by atoms with van der Waals surface area (Å²) in [7, 11) is 0. The summed E-state index contributed by atoms with van der Waals surface area (Å²) in [4.78, 5) is 0. The fourth-order valence-corrected chi connectivity index (χ4v) is 3.76. The second-order valence-corrected chi connectivity index (χ2v) is 9.79. The molecule has 2 aliphatic rings. The third-order valence-electron chi connectivity index (χ3n) is 5.43. The van der Waals surface area contributed by atoms with Crippen molar-refractivity contribution in [1.29, 1.82) is 0 Å². The second-order valence-electron chi connectivity index (χ2n) is 9.79. The van der Waals surface area contributed by atoms with Crippen molar-refractivity contribution < 1.29 is 17.7 Å². The summed E-state index contributed by atoms with van der Waals surface area (Å²) in [5.41, 5.74) is 1.07. The molecule has 0 N–H and O–H groups in total. The van der Waals surface area contributed by atoms with Crippen molar-refractivity contribution in [3.8, 4) is 23.0 Å². The van der Waals surface area contributed by atoms with Crippen LogP contribution < -0.4 is 25.9 Å². The van der Waals surface area contributed by atoms with Gasteiger partial charge in [0, 0.05) is 5.46 Å². The number of hydrogen-bond acceptors (Lipinski definition) is 2. The molecule has 2 aliphatic heterocycles. The number of fused-ring (bicyclic) bond motifs is 4. The monoisotopic (exact) mass is 388 g/mol. The van der Waals surface area contributed by atoms with E-state index in [2.05, 4.69) is 0 Å². The van der Waals surface area contributed by atoms with E-state index in [-0.39, 0.29) is 47.8 Å². The molecule has 0 fully saturated rings. The normalized spacial score (nSPS) is 17.2. The van der Waals surface area contributed by atoms with E-state index in [1.807, 2.05) is 41.5 Å². The van der Waals surface area contributed by atoms with Crippen LogP contribution >= 0.6 is 0 Å². The largest absolute Gasteiger partial charge is 0.458 e. The molecule has 2 heterocycles. The minimum atomic E-state index is -0.721. The van der Waals surface area contributed by atoms with Gasteiger partial charge in [0.1, 0.15) is 23.0 Å². The van der Waals surface area contributed by atoms with Gasteiger partial charge in [-0.15, -0.1) is 0 Å². The van der Waals surface area contributed by atoms with Gasteiger partial charge in [0.25, 0.3) is 6.71 Å². The van der Waals surface area contributed by atoms with Gasteiger partial charge in [-0.05, 0) is 57.1 Å². The predicted molar refractivity (Wildman–Crippen MR) is 122 cm³/mol. The SMILES string of the molecule is [2H]c1c([2H])c(C(C)(C)C)c([2H])c2c1Oc1cccc3c1B2c1c([2H])c([2H])c(C(C)(C)C)c([2H])c1O3. The predicted octanol–water partition coefficient (Wildman–Crippen LogP) is 5.01. The van der Waals surface area contributed by atoms with Gasteiger partial charge < -0.3 is 9.47 Å². The van der Waals surface area contributed by atoms with Crippen LogP contribution in [0, 0.1) is 0 Å². The summed E-state index contributed by atoms with van der Waals surface area (Å²) in [5.74, 6) is 1.22. The Bertz CT molecular complexity index is 1440. The van der Waals surface area contributed by atoms with Crippen molar-refractivity contribution in [3.05, 3.63) is 65.6 Å². The minimum absolute atomic E-state index is 0.0374. The van der Waals surface area contributed by atoms with E-state index in [0.29, 0.717) is 39.0 Å². The molecule has 3 aromatic carbocycles. The van der Waals surface area contributed by atoms with Crippen LogP contribution in [0.5, 0.6) is 23.0 Å². The van der Waals surface area contributed by atoms with Gasteiger partial charge in [-0.2, -0.15) is 0 Å². The molecule has 29 heavy (non-hydrogen) atoms. The van der Waals surface area contributed by atoms with Gasteiger partial charge in [-0.25, -0.2) is 0 Å². The van der Waals surface area contributed by atoms with Crippen molar-refractivity contribution in [3.63, 3.8) is 0 Å². The molecule has 0 spiro atoms. The first-order valence-corrected chi connectivity index (χ1v) is 9.93. The molecular formula is C26H27BO2. The highest BCUT2D eigenvalue weighted by Crippen LogP contribution is 2.36. The van der Waals surface area contributed by atoms with Gasteiger partial charge in [0.05, 0.1) is 8.22 Å². The van der Waals surface area contributed by atoms with E-state index in [1.54, 1.807) is 18.2 Å². The fourth-order valence-electron chi connectivity index (χ4n) is 3.76. The average molecular weight is 388 g/mol. The minimum Gasteiger partial charge on any atom is -0.458 e. The van der Waals surface area contributed by atoms with Crippen molar-refractivity contribution in [1.82, 2.24) is 0 Å². The summed E-state index contributed by atoms with van der Waals surface area (Å²) in [5, 5.41) is 0. The Morgan fingerprint density at radius 3 is 1.93 bits per heavy atom. The van der Waals surface area contributed by atoms with Gasteiger partial charge in [-0.3, -0.25) is 0 Å². The second kappa shape index (κ2) is 5.92. The van der Waals surface area contributed by atoms with E-state index >= 15 is 0 Å². The Morgan fingerprint density at radius 2 is 1.28 bits per heavy atom. The molecule has 0 aromatic heterocycles. The number of rotatable bonds is 0. The van der Waals surface area contributed by atoms with Crippen LogP contribution in [0.15, 0.2) is 54.5 Å². The lowest BCUT2D eigenvalue weighted by Crippen LogP contribution is -2.57. The Labute approximate surface area is 182 Å². The van der Waals surface area contributed by atoms with Crippen LogP contribution in [0.3, 0.4) is 0 Å². The maximum atomic E-state index is 9.17. The van der Waals surface area contributed by atoms with Crippen LogP contribution in [0.2, 0.25) is 0 Å². The first kappa shape index (κ1) is 12.8. The summed E-state index contributed by atoms with van der Waals surface area (Å²) in [6.45, 7) is 10.7. The first-order valence-electron chi connectivity index (χ1n) is 12.9. The van der Waals surface area contributed by atoms with Gasteiger partial charge in [0.15, 0.2) is 0 Å². The van der Waals surface area contributed by atoms with Crippen LogP contribution in [0.4, 0.5) is 0 Å². The zero-order valence-electron chi connectivity index (χ0n) is 23.6. The first-order chi connectivity index (χ1) is 16.2. The lowest BCUT2D eigenvalue weighted by atomic mass is 9.34. The summed E-state index contributed by atoms with van der Waals surface area (Å²) in [6.07, 6.45) is 0. The van der Waals surface area contributed by atoms with Gasteiger partial charge >= 0.3 is 0 Å². The zero-order valence-corrected chi connectivity index (χ0v) is 17.6. The highest BCUT2D eigenvalue weighted by Gasteiger charge is 2.40. The number of benzene rings is 3. The van der Waals surface area contributed by atoms with Crippen LogP contribution in [-0.2, 0) is 10.8 Å². The van der Waals surface area contributed by atoms with Crippen LogP contribution in [0.25, 0.3) is 0 Å². The summed E-state index contributed by atoms with van der Waals surface area (Å²) >= 11 is 0. The van der Waals surface area contributed by atoms with Gasteiger partial charge in [0.2, 0.25) is 0 Å². The van der Waals surface area contributed by atoms with E-state index in [4.69, 9.17) is 17.7 Å². The molecule has 0 aliphatic carbocycles. The molecule has 0 bridgehead atoms. The lowest BCUT2D eigenvalue weighted by Gasteiger charge is -2.34. The van der Waals surface area contributed by atoms with Crippen molar-refractivity contribution >= 4 is 23.1 Å². The molecule has 3 heteroatoms. The Balaban J connectivity index is 1.96. The number of hydrogen-bond donors (Lipinski definition) is 0. The van der Waals surface area contributed by atoms with Crippen molar-refractivity contribution in [2.75, 3.05) is 0 Å². The summed E-state index contributed by atoms with van der Waals surface area (Å²) < 4.78 is 65.7. The Morgan fingerprint density at radius 1 is 0.690 bits per heavy atom. The molecule has 2 nitrogen and oxygen atoms in total. The van der Waals surface area contributed by atoms with E-state index in [0.717, 1.165) is 0 Å². The molecule has 0 unspecified atom stereocenters. The topological polar surface area (TPSA) is 18.5 Å². The highest BCUT2D eigenvalue weighted by atomic mass is 16.5. The molecule has 0 saturated heterocycles. The molecule has 0 amide bonds. The molecule has 0 saturated carbocycles. The number of ether oxygens (including phenoxy) is 2. The molecule has 5 rings (SSSR count). The quantitative estimate of drug-likeness (QED) is 0.347. The third kappa shape index (κ3) is 2.87. The fraction of sp³-hybridized carbons (Fsp3) is 0.308. The molecule has 146 valence electrons. The Hall–Kier alpha value is -2.68. The summed E-state index contributed by atoms with van der Waals surface area (Å²) in [6, 6.07) is 5.15.